The van der Waals surface area contributed by atoms with Gasteiger partial charge in [-0.1, -0.05) is 12.0 Å². The molecule has 5 aromatic rings. The van der Waals surface area contributed by atoms with Gasteiger partial charge in [0, 0.05) is 100 Å². The van der Waals surface area contributed by atoms with E-state index in [1.54, 1.807) is 30.3 Å². The normalized spacial score (nSPS) is 23.7. The number of likely N-dealkylation sites (N-methyl/N-ethyl adjacent to an activating group) is 1. The minimum atomic E-state index is -0.797. The number of imide groups is 1. The van der Waals surface area contributed by atoms with Crippen LogP contribution in [0.1, 0.15) is 100 Å². The van der Waals surface area contributed by atoms with Crippen molar-refractivity contribution in [1.29, 1.82) is 0 Å². The number of rotatable bonds is 14. The SMILES string of the molecule is C#Cc1c(F)ccc2cc(OCOC)cc(-c3ncc4c(N5CC6CCC(C5)N6C(=O)OC(C)(C)C)nc(OC[C@@H]5C[C@@H](OC6CCN(CC7CCN(c8ccc9c(c8F)CN(C8CCC(=O)NC8=O)C9=O)CC7)CC6)CN5C)nc4c3F)c12. The summed E-state index contributed by atoms with van der Waals surface area (Å²) in [6.07, 6.45) is 13.3. The highest BCUT2D eigenvalue weighted by molar-refractivity contribution is 6.06. The van der Waals surface area contributed by atoms with Crippen molar-refractivity contribution in [2.24, 2.45) is 5.92 Å². The molecule has 0 aliphatic carbocycles. The van der Waals surface area contributed by atoms with Crippen molar-refractivity contribution in [3.8, 4) is 35.4 Å². The smallest absolute Gasteiger partial charge is 0.410 e. The first-order valence-corrected chi connectivity index (χ1v) is 29.3. The Morgan fingerprint density at radius 1 is 0.857 bits per heavy atom. The molecule has 0 saturated carbocycles. The summed E-state index contributed by atoms with van der Waals surface area (Å²) < 4.78 is 79.3. The number of pyridine rings is 1. The highest BCUT2D eigenvalue weighted by atomic mass is 19.1. The van der Waals surface area contributed by atoms with Crippen molar-refractivity contribution in [1.82, 2.24) is 39.9 Å². The number of anilines is 2. The Morgan fingerprint density at radius 2 is 1.62 bits per heavy atom. The fraction of sp³-hybridized carbons (Fsp3) is 0.532. The van der Waals surface area contributed by atoms with E-state index in [1.165, 1.54) is 24.3 Å². The lowest BCUT2D eigenvalue weighted by molar-refractivity contribution is -0.136. The molecular weight excluding hydrogens is 1090 g/mol. The lowest BCUT2D eigenvalue weighted by Crippen LogP contribution is -2.57. The van der Waals surface area contributed by atoms with Gasteiger partial charge in [0.1, 0.15) is 46.8 Å². The molecule has 5 atom stereocenters. The molecule has 0 radical (unpaired) electrons. The van der Waals surface area contributed by atoms with Crippen LogP contribution in [-0.4, -0.2) is 180 Å². The standard InChI is InChI=1S/C62H71F3N10O9/c1-7-43-48(63)12-8-36-24-41(82-34-80-6)26-45(52(36)43)55-54(65)56-46(27-66-55)57(73-29-37-9-10-38(30-73)75(37)61(79)84-62(2,3)4)69-60(68-56)81-33-39-25-42(31-70(39)5)83-40-18-20-71(21-19-40)28-35-16-22-72(23-17-35)49-13-11-44-47(53(49)64)32-74(59(44)78)50-14-15-51(76)67-58(50)77/h1,8,11-13,24,26-27,35,37-40,42,50H,9-10,14-23,25,28-34H2,2-6H3,(H,67,76,77)/t37?,38?,39-,42+,50?/m0/s1. The molecule has 12 rings (SSSR count). The average molecular weight is 1160 g/mol. The van der Waals surface area contributed by atoms with Crippen molar-refractivity contribution >= 4 is 57.0 Å². The number of piperazine rings is 1. The van der Waals surface area contributed by atoms with Gasteiger partial charge in [0.25, 0.3) is 5.91 Å². The van der Waals surface area contributed by atoms with Gasteiger partial charge in [0.15, 0.2) is 18.4 Å². The number of hydrogen-bond acceptors (Lipinski definition) is 16. The van der Waals surface area contributed by atoms with E-state index < -0.39 is 35.0 Å². The van der Waals surface area contributed by atoms with Crippen LogP contribution in [0, 0.1) is 35.7 Å². The van der Waals surface area contributed by atoms with E-state index >= 15 is 13.2 Å². The number of halogens is 3. The number of aromatic nitrogens is 3. The molecule has 4 amide bonds. The Morgan fingerprint density at radius 3 is 2.33 bits per heavy atom. The number of likely N-dealkylation sites (tertiary alicyclic amines) is 2. The molecule has 22 heteroatoms. The summed E-state index contributed by atoms with van der Waals surface area (Å²) in [5.41, 5.74) is 0.360. The van der Waals surface area contributed by atoms with Crippen LogP contribution >= 0.6 is 0 Å². The van der Waals surface area contributed by atoms with E-state index in [0.717, 1.165) is 58.2 Å². The number of nitrogens with one attached hydrogen (secondary N) is 1. The van der Waals surface area contributed by atoms with E-state index in [9.17, 15) is 19.2 Å². The van der Waals surface area contributed by atoms with Crippen LogP contribution in [0.25, 0.3) is 32.9 Å². The van der Waals surface area contributed by atoms with E-state index in [4.69, 9.17) is 40.1 Å². The van der Waals surface area contributed by atoms with Crippen LogP contribution in [-0.2, 0) is 30.3 Å². The van der Waals surface area contributed by atoms with Crippen molar-refractivity contribution in [2.75, 3.05) is 89.7 Å². The van der Waals surface area contributed by atoms with Crippen molar-refractivity contribution in [2.45, 2.75) is 127 Å². The maximum Gasteiger partial charge on any atom is 0.410 e. The number of ether oxygens (including phenoxy) is 5. The van der Waals surface area contributed by atoms with E-state index in [2.05, 4.69) is 30.9 Å². The lowest BCUT2D eigenvalue weighted by Gasteiger charge is -2.42. The molecule has 3 aromatic carbocycles. The second-order valence-electron chi connectivity index (χ2n) is 24.5. The number of carbonyl (C=O) groups excluding carboxylic acids is 4. The van der Waals surface area contributed by atoms with Gasteiger partial charge in [0.05, 0.1) is 47.5 Å². The highest BCUT2D eigenvalue weighted by Gasteiger charge is 2.46. The molecular formula is C62H71F3N10O9. The quantitative estimate of drug-likeness (QED) is 0.0658. The molecule has 9 heterocycles. The van der Waals surface area contributed by atoms with E-state index in [0.29, 0.717) is 78.7 Å². The van der Waals surface area contributed by atoms with Crippen molar-refractivity contribution in [3.05, 3.63) is 76.7 Å². The molecule has 7 aliphatic rings. The van der Waals surface area contributed by atoms with Gasteiger partial charge in [-0.05, 0) is 121 Å². The van der Waals surface area contributed by atoms with Crippen LogP contribution in [0.3, 0.4) is 0 Å². The number of carbonyl (C=O) groups is 4. The highest BCUT2D eigenvalue weighted by Crippen LogP contribution is 2.42. The molecule has 19 nitrogen and oxygen atoms in total. The first-order valence-electron chi connectivity index (χ1n) is 29.3. The Kier molecular flexibility index (Phi) is 15.8. The summed E-state index contributed by atoms with van der Waals surface area (Å²) in [5.74, 6) is 0.538. The summed E-state index contributed by atoms with van der Waals surface area (Å²) in [6, 6.07) is 8.16. The summed E-state index contributed by atoms with van der Waals surface area (Å²) in [5, 5.41) is 3.44. The maximum atomic E-state index is 17.7. The third-order valence-electron chi connectivity index (χ3n) is 17.9. The number of nitrogens with zero attached hydrogens (tertiary/aromatic N) is 9. The predicted octanol–water partition coefficient (Wildman–Crippen LogP) is 7.42. The molecule has 7 aliphatic heterocycles. The Hall–Kier alpha value is -7.32. The van der Waals surface area contributed by atoms with E-state index in [-0.39, 0.29) is 120 Å². The zero-order chi connectivity index (χ0) is 58.7. The van der Waals surface area contributed by atoms with Crippen LogP contribution in [0.15, 0.2) is 42.6 Å². The first kappa shape index (κ1) is 57.1. The molecule has 0 spiro atoms. The van der Waals surface area contributed by atoms with Crippen LogP contribution < -0.4 is 24.6 Å². The Labute approximate surface area is 486 Å². The molecule has 1 N–H and O–H groups in total. The number of terminal acetylenes is 1. The topological polar surface area (TPSA) is 185 Å². The number of methoxy groups -OCH3 is 1. The second-order valence-corrected chi connectivity index (χ2v) is 24.5. The Balaban J connectivity index is 0.694. The fourth-order valence-corrected chi connectivity index (χ4v) is 13.7. The number of amides is 4. The number of hydrogen-bond donors (Lipinski definition) is 1. The van der Waals surface area contributed by atoms with Gasteiger partial charge < -0.3 is 43.3 Å². The van der Waals surface area contributed by atoms with Gasteiger partial charge in [-0.2, -0.15) is 9.97 Å². The maximum absolute atomic E-state index is 17.7. The summed E-state index contributed by atoms with van der Waals surface area (Å²) in [7, 11) is 3.52. The summed E-state index contributed by atoms with van der Waals surface area (Å²) in [6.45, 7) is 11.3. The predicted molar refractivity (Wildman–Crippen MR) is 306 cm³/mol. The van der Waals surface area contributed by atoms with Gasteiger partial charge >= 0.3 is 12.1 Å². The summed E-state index contributed by atoms with van der Waals surface area (Å²) in [4.78, 5) is 77.5. The Bertz CT molecular complexity index is 3440. The molecule has 3 unspecified atom stereocenters. The van der Waals surface area contributed by atoms with Crippen LogP contribution in [0.5, 0.6) is 11.8 Å². The molecule has 2 bridgehead atoms. The average Bonchev–Trinajstić information content (AvgIpc) is 2.43. The number of fused-ring (bicyclic) bond motifs is 5. The zero-order valence-electron chi connectivity index (χ0n) is 48.1. The third kappa shape index (κ3) is 11.3. The van der Waals surface area contributed by atoms with Gasteiger partial charge in [-0.25, -0.2) is 18.0 Å². The third-order valence-corrected chi connectivity index (χ3v) is 17.9. The van der Waals surface area contributed by atoms with Crippen LogP contribution in [0.4, 0.5) is 29.5 Å². The second kappa shape index (κ2) is 23.3. The molecule has 84 heavy (non-hydrogen) atoms. The molecule has 2 aromatic heterocycles. The first-order chi connectivity index (χ1) is 40.4. The van der Waals surface area contributed by atoms with E-state index in [1.807, 2.05) is 37.6 Å². The lowest BCUT2D eigenvalue weighted by atomic mass is 9.94. The monoisotopic (exact) mass is 1160 g/mol. The minimum absolute atomic E-state index is 0.00124. The van der Waals surface area contributed by atoms with Crippen LogP contribution in [0.2, 0.25) is 0 Å². The van der Waals surface area contributed by atoms with Crippen molar-refractivity contribution in [3.63, 3.8) is 0 Å². The molecule has 444 valence electrons. The van der Waals surface area contributed by atoms with Crippen molar-refractivity contribution < 1.29 is 56.0 Å². The molecule has 6 saturated heterocycles. The van der Waals surface area contributed by atoms with Gasteiger partial charge in [0.2, 0.25) is 11.8 Å². The summed E-state index contributed by atoms with van der Waals surface area (Å²) >= 11 is 0. The largest absolute Gasteiger partial charge is 0.468 e. The number of benzene rings is 3. The fourth-order valence-electron chi connectivity index (χ4n) is 13.7. The van der Waals surface area contributed by atoms with Gasteiger partial charge in [-0.15, -0.1) is 6.42 Å². The minimum Gasteiger partial charge on any atom is -0.468 e. The van der Waals surface area contributed by atoms with Gasteiger partial charge in [-0.3, -0.25) is 34.5 Å². The zero-order valence-corrected chi connectivity index (χ0v) is 48.1. The molecule has 6 fully saturated rings. The number of piperidine rings is 3.